The summed E-state index contributed by atoms with van der Waals surface area (Å²) in [7, 11) is 0. The Morgan fingerprint density at radius 1 is 1.26 bits per heavy atom. The fourth-order valence-corrected chi connectivity index (χ4v) is 3.32. The molecule has 0 unspecified atom stereocenters. The van der Waals surface area contributed by atoms with Gasteiger partial charge in [0.15, 0.2) is 11.5 Å². The van der Waals surface area contributed by atoms with Crippen molar-refractivity contribution >= 4 is 34.9 Å². The van der Waals surface area contributed by atoms with Gasteiger partial charge in [-0.2, -0.15) is 0 Å². The number of thioether (sulfide) groups is 1. The van der Waals surface area contributed by atoms with Crippen molar-refractivity contribution in [2.24, 2.45) is 0 Å². The molecule has 7 nitrogen and oxygen atoms in total. The Morgan fingerprint density at radius 3 is 2.89 bits per heavy atom. The van der Waals surface area contributed by atoms with E-state index in [9.17, 15) is 14.4 Å². The van der Waals surface area contributed by atoms with Crippen LogP contribution in [0.15, 0.2) is 47.4 Å². The molecule has 1 aromatic carbocycles. The highest BCUT2D eigenvalue weighted by molar-refractivity contribution is 8.18. The van der Waals surface area contributed by atoms with Crippen LogP contribution >= 0.6 is 11.8 Å². The lowest BCUT2D eigenvalue weighted by Gasteiger charge is -2.12. The van der Waals surface area contributed by atoms with Crippen molar-refractivity contribution in [1.29, 1.82) is 0 Å². The molecule has 2 aliphatic rings. The zero-order chi connectivity index (χ0) is 19.2. The van der Waals surface area contributed by atoms with Crippen LogP contribution in [0, 0.1) is 0 Å². The Labute approximate surface area is 160 Å². The molecule has 1 saturated heterocycles. The zero-order valence-electron chi connectivity index (χ0n) is 14.6. The predicted molar refractivity (Wildman–Crippen MR) is 102 cm³/mol. The van der Waals surface area contributed by atoms with E-state index in [0.29, 0.717) is 16.4 Å². The first-order valence-corrected chi connectivity index (χ1v) is 9.12. The van der Waals surface area contributed by atoms with Gasteiger partial charge >= 0.3 is 0 Å². The summed E-state index contributed by atoms with van der Waals surface area (Å²) in [5, 5.41) is 2.28. The minimum Gasteiger partial charge on any atom is -0.454 e. The number of imide groups is 1. The van der Waals surface area contributed by atoms with Crippen molar-refractivity contribution in [3.63, 3.8) is 0 Å². The van der Waals surface area contributed by atoms with Crippen molar-refractivity contribution in [1.82, 2.24) is 10.2 Å². The Morgan fingerprint density at radius 2 is 2.07 bits per heavy atom. The van der Waals surface area contributed by atoms with Gasteiger partial charge in [0, 0.05) is 19.2 Å². The van der Waals surface area contributed by atoms with Crippen LogP contribution in [0.5, 0.6) is 11.5 Å². The number of benzene rings is 1. The summed E-state index contributed by atoms with van der Waals surface area (Å²) in [5.41, 5.74) is 0.743. The van der Waals surface area contributed by atoms with E-state index in [0.717, 1.165) is 22.2 Å². The first kappa shape index (κ1) is 18.8. The van der Waals surface area contributed by atoms with Crippen LogP contribution < -0.4 is 14.8 Å². The van der Waals surface area contributed by atoms with E-state index >= 15 is 0 Å². The summed E-state index contributed by atoms with van der Waals surface area (Å²) in [5.74, 6) is 0.605. The van der Waals surface area contributed by atoms with Gasteiger partial charge in [-0.1, -0.05) is 24.3 Å². The quantitative estimate of drug-likeness (QED) is 0.598. The molecule has 0 aliphatic carbocycles. The second-order valence-corrected chi connectivity index (χ2v) is 6.62. The fraction of sp³-hybridized carbons (Fsp3) is 0.211. The number of rotatable bonds is 6. The molecular formula is C19H18N2O5S. The normalized spacial score (nSPS) is 17.7. The third kappa shape index (κ3) is 4.59. The molecular weight excluding hydrogens is 368 g/mol. The van der Waals surface area contributed by atoms with E-state index in [1.54, 1.807) is 42.5 Å². The summed E-state index contributed by atoms with van der Waals surface area (Å²) in [6.45, 7) is 2.32. The van der Waals surface area contributed by atoms with Gasteiger partial charge in [0.05, 0.1) is 4.91 Å². The molecule has 1 fully saturated rings. The molecule has 2 aliphatic heterocycles. The second-order valence-electron chi connectivity index (χ2n) is 5.62. The predicted octanol–water partition coefficient (Wildman–Crippen LogP) is 2.70. The topological polar surface area (TPSA) is 84.9 Å². The molecule has 0 atom stereocenters. The zero-order valence-corrected chi connectivity index (χ0v) is 15.5. The molecule has 1 aromatic rings. The van der Waals surface area contributed by atoms with Gasteiger partial charge in [-0.15, -0.1) is 0 Å². The molecule has 140 valence electrons. The van der Waals surface area contributed by atoms with Crippen LogP contribution in [-0.2, 0) is 9.59 Å². The number of fused-ring (bicyclic) bond motifs is 1. The molecule has 3 amide bonds. The highest BCUT2D eigenvalue weighted by Gasteiger charge is 2.34. The van der Waals surface area contributed by atoms with Crippen molar-refractivity contribution in [2.45, 2.75) is 6.92 Å². The van der Waals surface area contributed by atoms with Crippen molar-refractivity contribution in [2.75, 3.05) is 19.9 Å². The molecule has 1 N–H and O–H groups in total. The van der Waals surface area contributed by atoms with Crippen LogP contribution in [-0.4, -0.2) is 41.8 Å². The van der Waals surface area contributed by atoms with Crippen LogP contribution in [0.2, 0.25) is 0 Å². The SMILES string of the molecule is CC=CC=CC(=O)NCCN1C(=O)SC(=Cc2ccc3c(c2)OCO3)C1=O. The molecule has 0 radical (unpaired) electrons. The summed E-state index contributed by atoms with van der Waals surface area (Å²) in [6.07, 6.45) is 8.18. The molecule has 0 saturated carbocycles. The Hall–Kier alpha value is -3.00. The second kappa shape index (κ2) is 8.59. The summed E-state index contributed by atoms with van der Waals surface area (Å²) < 4.78 is 10.6. The lowest BCUT2D eigenvalue weighted by molar-refractivity contribution is -0.123. The smallest absolute Gasteiger partial charge is 0.293 e. The standard InChI is InChI=1S/C19H18N2O5S/c1-2-3-4-5-17(22)20-8-9-21-18(23)16(27-19(21)24)11-13-6-7-14-15(10-13)26-12-25-14/h2-7,10-11H,8-9,12H2,1H3,(H,20,22). The minimum absolute atomic E-state index is 0.117. The van der Waals surface area contributed by atoms with Crippen LogP contribution in [0.25, 0.3) is 6.08 Å². The van der Waals surface area contributed by atoms with Crippen molar-refractivity contribution in [3.8, 4) is 11.5 Å². The number of nitrogens with one attached hydrogen (secondary N) is 1. The van der Waals surface area contributed by atoms with Crippen molar-refractivity contribution < 1.29 is 23.9 Å². The molecule has 27 heavy (non-hydrogen) atoms. The number of nitrogens with zero attached hydrogens (tertiary/aromatic N) is 1. The number of carbonyl (C=O) groups excluding carboxylic acids is 3. The summed E-state index contributed by atoms with van der Waals surface area (Å²) in [4.78, 5) is 37.6. The van der Waals surface area contributed by atoms with Gasteiger partial charge < -0.3 is 14.8 Å². The van der Waals surface area contributed by atoms with Gasteiger partial charge in [-0.3, -0.25) is 19.3 Å². The fourth-order valence-electron chi connectivity index (χ4n) is 2.45. The molecule has 2 heterocycles. The number of hydrogen-bond donors (Lipinski definition) is 1. The molecule has 0 spiro atoms. The molecule has 8 heteroatoms. The summed E-state index contributed by atoms with van der Waals surface area (Å²) >= 11 is 0.876. The van der Waals surface area contributed by atoms with Gasteiger partial charge in [0.2, 0.25) is 12.7 Å². The molecule has 3 rings (SSSR count). The maximum atomic E-state index is 12.5. The third-order valence-electron chi connectivity index (χ3n) is 3.75. The van der Waals surface area contributed by atoms with E-state index in [4.69, 9.17) is 9.47 Å². The van der Waals surface area contributed by atoms with Crippen molar-refractivity contribution in [3.05, 3.63) is 53.0 Å². The highest BCUT2D eigenvalue weighted by atomic mass is 32.2. The molecule has 0 bridgehead atoms. The first-order valence-electron chi connectivity index (χ1n) is 8.30. The number of ether oxygens (including phenoxy) is 2. The van der Waals surface area contributed by atoms with Gasteiger partial charge in [0.1, 0.15) is 0 Å². The number of amides is 3. The van der Waals surface area contributed by atoms with E-state index < -0.39 is 0 Å². The van der Waals surface area contributed by atoms with Gasteiger partial charge in [0.25, 0.3) is 11.1 Å². The van der Waals surface area contributed by atoms with Crippen LogP contribution in [0.1, 0.15) is 12.5 Å². The average molecular weight is 386 g/mol. The van der Waals surface area contributed by atoms with E-state index in [2.05, 4.69) is 5.32 Å². The third-order valence-corrected chi connectivity index (χ3v) is 4.66. The average Bonchev–Trinajstić information content (AvgIpc) is 3.21. The number of hydrogen-bond acceptors (Lipinski definition) is 6. The first-order chi connectivity index (χ1) is 13.1. The van der Waals surface area contributed by atoms with E-state index in [1.165, 1.54) is 6.08 Å². The Bertz CT molecular complexity index is 860. The monoisotopic (exact) mass is 386 g/mol. The van der Waals surface area contributed by atoms with E-state index in [-0.39, 0.29) is 36.9 Å². The largest absolute Gasteiger partial charge is 0.454 e. The highest BCUT2D eigenvalue weighted by Crippen LogP contribution is 2.36. The van der Waals surface area contributed by atoms with Crippen LogP contribution in [0.3, 0.4) is 0 Å². The maximum Gasteiger partial charge on any atom is 0.293 e. The van der Waals surface area contributed by atoms with Crippen LogP contribution in [0.4, 0.5) is 4.79 Å². The summed E-state index contributed by atoms with van der Waals surface area (Å²) in [6, 6.07) is 5.31. The Balaban J connectivity index is 1.59. The number of carbonyl (C=O) groups is 3. The maximum absolute atomic E-state index is 12.5. The van der Waals surface area contributed by atoms with Gasteiger partial charge in [-0.25, -0.2) is 0 Å². The minimum atomic E-state index is -0.374. The lowest BCUT2D eigenvalue weighted by atomic mass is 10.2. The Kier molecular flexibility index (Phi) is 5.97. The molecule has 0 aromatic heterocycles. The van der Waals surface area contributed by atoms with E-state index in [1.807, 2.05) is 6.92 Å². The lowest BCUT2D eigenvalue weighted by Crippen LogP contribution is -2.36. The van der Waals surface area contributed by atoms with Gasteiger partial charge in [-0.05, 0) is 42.5 Å². The number of allylic oxidation sites excluding steroid dienone is 3.